The summed E-state index contributed by atoms with van der Waals surface area (Å²) in [6, 6.07) is 8.92. The molecule has 0 aromatic heterocycles. The molecule has 0 unspecified atom stereocenters. The van der Waals surface area contributed by atoms with Gasteiger partial charge >= 0.3 is 0 Å². The monoisotopic (exact) mass is 371 g/mol. The molecule has 0 aliphatic carbocycles. The van der Waals surface area contributed by atoms with E-state index in [-0.39, 0.29) is 0 Å². The highest BCUT2D eigenvalue weighted by molar-refractivity contribution is 5.71. The molecule has 2 aromatic carbocycles. The van der Waals surface area contributed by atoms with E-state index >= 15 is 0 Å². The van der Waals surface area contributed by atoms with E-state index in [2.05, 4.69) is 57.0 Å². The van der Waals surface area contributed by atoms with Crippen LogP contribution >= 0.6 is 0 Å². The van der Waals surface area contributed by atoms with Gasteiger partial charge in [0.2, 0.25) is 0 Å². The van der Waals surface area contributed by atoms with Crippen molar-refractivity contribution in [3.8, 4) is 0 Å². The van der Waals surface area contributed by atoms with Gasteiger partial charge in [0.15, 0.2) is 0 Å². The van der Waals surface area contributed by atoms with E-state index in [0.717, 1.165) is 12.0 Å². The largest absolute Gasteiger partial charge is 0.380 e. The molecule has 2 rings (SSSR count). The molecule has 0 atom stereocenters. The Kier molecular flexibility index (Phi) is 7.84. The molecule has 4 heteroatoms. The van der Waals surface area contributed by atoms with E-state index < -0.39 is 0 Å². The van der Waals surface area contributed by atoms with Crippen LogP contribution < -0.4 is 4.90 Å². The Morgan fingerprint density at radius 2 is 1.15 bits per heavy atom. The number of methoxy groups -OCH3 is 3. The van der Waals surface area contributed by atoms with Gasteiger partial charge in [-0.05, 0) is 65.8 Å². The van der Waals surface area contributed by atoms with Crippen LogP contribution in [0.2, 0.25) is 0 Å². The number of rotatable bonds is 9. The van der Waals surface area contributed by atoms with Crippen molar-refractivity contribution < 1.29 is 14.2 Å². The Labute approximate surface area is 164 Å². The first kappa shape index (κ1) is 21.4. The molecule has 0 spiro atoms. The smallest absolute Gasteiger partial charge is 0.0716 e. The minimum Gasteiger partial charge on any atom is -0.380 e. The zero-order valence-electron chi connectivity index (χ0n) is 17.8. The van der Waals surface area contributed by atoms with Gasteiger partial charge < -0.3 is 19.1 Å². The lowest BCUT2D eigenvalue weighted by Gasteiger charge is -2.27. The number of anilines is 2. The van der Waals surface area contributed by atoms with Crippen LogP contribution in [0.15, 0.2) is 24.3 Å². The number of aryl methyl sites for hydroxylation is 1. The first-order chi connectivity index (χ1) is 13.0. The molecular formula is C23H33NO3. The van der Waals surface area contributed by atoms with Crippen molar-refractivity contribution in [1.29, 1.82) is 0 Å². The second kappa shape index (κ2) is 9.88. The van der Waals surface area contributed by atoms with Crippen molar-refractivity contribution >= 4 is 11.4 Å². The highest BCUT2D eigenvalue weighted by Gasteiger charge is 2.16. The van der Waals surface area contributed by atoms with Crippen molar-refractivity contribution in [2.24, 2.45) is 0 Å². The predicted molar refractivity (Wildman–Crippen MR) is 112 cm³/mol. The minimum absolute atomic E-state index is 0.584. The summed E-state index contributed by atoms with van der Waals surface area (Å²) in [7, 11) is 7.34. The number of hydrogen-bond donors (Lipinski definition) is 0. The van der Waals surface area contributed by atoms with Gasteiger partial charge in [0, 0.05) is 39.8 Å². The van der Waals surface area contributed by atoms with Crippen molar-refractivity contribution in [3.63, 3.8) is 0 Å². The summed E-state index contributed by atoms with van der Waals surface area (Å²) in [5, 5.41) is 0. The summed E-state index contributed by atoms with van der Waals surface area (Å²) in [4.78, 5) is 2.28. The van der Waals surface area contributed by atoms with E-state index in [4.69, 9.17) is 14.2 Å². The Hall–Kier alpha value is -1.88. The number of nitrogens with zero attached hydrogens (tertiary/aromatic N) is 1. The van der Waals surface area contributed by atoms with Crippen LogP contribution in [-0.4, -0.2) is 28.4 Å². The van der Waals surface area contributed by atoms with Crippen molar-refractivity contribution in [1.82, 2.24) is 0 Å². The first-order valence-electron chi connectivity index (χ1n) is 9.42. The van der Waals surface area contributed by atoms with Crippen LogP contribution in [0.4, 0.5) is 11.4 Å². The van der Waals surface area contributed by atoms with Gasteiger partial charge in [-0.3, -0.25) is 0 Å². The molecular weight excluding hydrogens is 338 g/mol. The maximum Gasteiger partial charge on any atom is 0.0716 e. The van der Waals surface area contributed by atoms with Crippen LogP contribution in [0.1, 0.15) is 40.3 Å². The third-order valence-electron chi connectivity index (χ3n) is 5.14. The van der Waals surface area contributed by atoms with Crippen LogP contribution in [0.25, 0.3) is 0 Å². The van der Waals surface area contributed by atoms with E-state index in [9.17, 15) is 0 Å². The molecule has 4 nitrogen and oxygen atoms in total. The van der Waals surface area contributed by atoms with Crippen LogP contribution in [0, 0.1) is 13.8 Å². The average Bonchev–Trinajstić information content (AvgIpc) is 2.66. The van der Waals surface area contributed by atoms with Crippen molar-refractivity contribution in [3.05, 3.63) is 57.6 Å². The summed E-state index contributed by atoms with van der Waals surface area (Å²) >= 11 is 0. The zero-order valence-corrected chi connectivity index (χ0v) is 17.8. The van der Waals surface area contributed by atoms with E-state index in [1.165, 1.54) is 39.2 Å². The van der Waals surface area contributed by atoms with Gasteiger partial charge in [-0.2, -0.15) is 0 Å². The van der Waals surface area contributed by atoms with E-state index in [1.54, 1.807) is 21.3 Å². The van der Waals surface area contributed by atoms with Gasteiger partial charge in [0.25, 0.3) is 0 Å². The average molecular weight is 372 g/mol. The summed E-state index contributed by atoms with van der Waals surface area (Å²) in [5.74, 6) is 0. The minimum atomic E-state index is 0.584. The number of ether oxygens (including phenoxy) is 3. The van der Waals surface area contributed by atoms with Crippen molar-refractivity contribution in [2.75, 3.05) is 33.3 Å². The first-order valence-corrected chi connectivity index (χ1v) is 9.42. The second-order valence-electron chi connectivity index (χ2n) is 7.01. The SMILES string of the molecule is CCc1cc(COC)c(C)c(N(C)c2cc(COC)cc(COC)c2C)c1. The molecule has 0 aliphatic rings. The van der Waals surface area contributed by atoms with Crippen LogP contribution in [0.5, 0.6) is 0 Å². The molecule has 0 N–H and O–H groups in total. The highest BCUT2D eigenvalue weighted by atomic mass is 16.5. The molecule has 148 valence electrons. The third-order valence-corrected chi connectivity index (χ3v) is 5.14. The third kappa shape index (κ3) is 4.89. The Morgan fingerprint density at radius 1 is 0.704 bits per heavy atom. The highest BCUT2D eigenvalue weighted by Crippen LogP contribution is 2.35. The van der Waals surface area contributed by atoms with Gasteiger partial charge in [-0.15, -0.1) is 0 Å². The summed E-state index contributed by atoms with van der Waals surface area (Å²) in [6.07, 6.45) is 0.995. The van der Waals surface area contributed by atoms with Crippen LogP contribution in [-0.2, 0) is 40.5 Å². The molecule has 27 heavy (non-hydrogen) atoms. The second-order valence-corrected chi connectivity index (χ2v) is 7.01. The molecule has 0 heterocycles. The topological polar surface area (TPSA) is 30.9 Å². The van der Waals surface area contributed by atoms with Gasteiger partial charge in [-0.25, -0.2) is 0 Å². The maximum atomic E-state index is 5.42. The van der Waals surface area contributed by atoms with E-state index in [1.807, 2.05) is 0 Å². The van der Waals surface area contributed by atoms with Gasteiger partial charge in [0.05, 0.1) is 19.8 Å². The number of benzene rings is 2. The predicted octanol–water partition coefficient (Wildman–Crippen LogP) is 5.07. The fourth-order valence-electron chi connectivity index (χ4n) is 3.54. The molecule has 0 radical (unpaired) electrons. The summed E-state index contributed by atoms with van der Waals surface area (Å²) < 4.78 is 16.2. The lowest BCUT2D eigenvalue weighted by molar-refractivity contribution is 0.179. The molecule has 0 fully saturated rings. The quantitative estimate of drug-likeness (QED) is 0.615. The lowest BCUT2D eigenvalue weighted by Crippen LogP contribution is -2.15. The van der Waals surface area contributed by atoms with E-state index in [0.29, 0.717) is 19.8 Å². The Balaban J connectivity index is 2.59. The normalized spacial score (nSPS) is 11.1. The van der Waals surface area contributed by atoms with Crippen LogP contribution in [0.3, 0.4) is 0 Å². The Morgan fingerprint density at radius 3 is 1.59 bits per heavy atom. The fraction of sp³-hybridized carbons (Fsp3) is 0.478. The fourth-order valence-corrected chi connectivity index (χ4v) is 3.54. The van der Waals surface area contributed by atoms with Gasteiger partial charge in [-0.1, -0.05) is 19.1 Å². The molecule has 0 bridgehead atoms. The maximum absolute atomic E-state index is 5.42. The standard InChI is InChI=1S/C23H33NO3/c1-8-18-9-20(14-26-6)16(2)22(11-18)24(4)23-12-19(13-25-5)10-21(15-27-7)17(23)3/h9-12H,8,13-15H2,1-7H3. The lowest BCUT2D eigenvalue weighted by atomic mass is 9.98. The van der Waals surface area contributed by atoms with Gasteiger partial charge in [0.1, 0.15) is 0 Å². The molecule has 2 aromatic rings. The van der Waals surface area contributed by atoms with Crippen molar-refractivity contribution in [2.45, 2.75) is 47.0 Å². The molecule has 0 amide bonds. The summed E-state index contributed by atoms with van der Waals surface area (Å²) in [6.45, 7) is 8.31. The number of hydrogen-bond acceptors (Lipinski definition) is 4. The molecule has 0 saturated carbocycles. The zero-order chi connectivity index (χ0) is 20.0. The molecule has 0 saturated heterocycles. The molecule has 0 aliphatic heterocycles. The summed E-state index contributed by atoms with van der Waals surface area (Å²) in [5.41, 5.74) is 9.77. The Bertz CT molecular complexity index is 771.